The van der Waals surface area contributed by atoms with Crippen molar-refractivity contribution in [1.82, 2.24) is 14.8 Å². The molecule has 0 saturated heterocycles. The van der Waals surface area contributed by atoms with E-state index in [1.807, 2.05) is 34.9 Å². The molecule has 1 heterocycles. The van der Waals surface area contributed by atoms with Gasteiger partial charge in [0.1, 0.15) is 5.82 Å². The van der Waals surface area contributed by atoms with E-state index in [-0.39, 0.29) is 5.82 Å². The lowest BCUT2D eigenvalue weighted by molar-refractivity contribution is -0.117. The first kappa shape index (κ1) is 17.2. The molecule has 0 aliphatic rings. The number of hydrogen-bond acceptors (Lipinski definition) is 4. The number of nitrogens with zero attached hydrogens (tertiary/aromatic N) is 3. The fourth-order valence-electron chi connectivity index (χ4n) is 2.31. The van der Waals surface area contributed by atoms with Crippen molar-refractivity contribution < 1.29 is 9.18 Å². The number of benzene rings is 2. The number of rotatable bonds is 6. The van der Waals surface area contributed by atoms with Crippen LogP contribution in [0.1, 0.15) is 12.5 Å². The Kier molecular flexibility index (Phi) is 5.14. The summed E-state index contributed by atoms with van der Waals surface area (Å²) in [5.41, 5.74) is 7.18. The van der Waals surface area contributed by atoms with Crippen molar-refractivity contribution in [3.63, 3.8) is 0 Å². The molecule has 3 aromatic rings. The Bertz CT molecular complexity index is 865. The zero-order valence-corrected chi connectivity index (χ0v) is 14.4. The van der Waals surface area contributed by atoms with Crippen molar-refractivity contribution in [2.45, 2.75) is 23.9 Å². The molecule has 0 aliphatic heterocycles. The average molecular weight is 356 g/mol. The Morgan fingerprint density at radius 2 is 1.84 bits per heavy atom. The molecule has 2 N–H and O–H groups in total. The molecule has 3 rings (SSSR count). The first-order valence-electron chi connectivity index (χ1n) is 7.73. The molecule has 0 spiro atoms. The fraction of sp³-hybridized carbons (Fsp3) is 0.167. The molecule has 1 atom stereocenters. The van der Waals surface area contributed by atoms with E-state index in [0.29, 0.717) is 17.5 Å². The Morgan fingerprint density at radius 1 is 1.16 bits per heavy atom. The number of amides is 1. The van der Waals surface area contributed by atoms with Gasteiger partial charge in [-0.05, 0) is 36.8 Å². The largest absolute Gasteiger partial charge is 0.369 e. The van der Waals surface area contributed by atoms with Gasteiger partial charge in [-0.15, -0.1) is 10.2 Å². The van der Waals surface area contributed by atoms with Crippen molar-refractivity contribution >= 4 is 17.7 Å². The van der Waals surface area contributed by atoms with Gasteiger partial charge < -0.3 is 5.73 Å². The van der Waals surface area contributed by atoms with E-state index in [4.69, 9.17) is 5.73 Å². The van der Waals surface area contributed by atoms with Crippen LogP contribution < -0.4 is 5.73 Å². The first-order valence-corrected chi connectivity index (χ1v) is 8.61. The molecule has 1 aromatic heterocycles. The second-order valence-corrected chi connectivity index (χ2v) is 6.86. The minimum absolute atomic E-state index is 0.310. The maximum Gasteiger partial charge on any atom is 0.230 e. The van der Waals surface area contributed by atoms with Crippen LogP contribution >= 0.6 is 11.8 Å². The summed E-state index contributed by atoms with van der Waals surface area (Å²) >= 11 is 1.26. The van der Waals surface area contributed by atoms with Crippen LogP contribution in [-0.2, 0) is 11.3 Å². The van der Waals surface area contributed by atoms with Crippen LogP contribution in [0.3, 0.4) is 0 Å². The number of hydrogen-bond donors (Lipinski definition) is 1. The molecule has 0 aliphatic carbocycles. The predicted molar refractivity (Wildman–Crippen MR) is 95.5 cm³/mol. The second-order valence-electron chi connectivity index (χ2n) is 5.55. The topological polar surface area (TPSA) is 73.8 Å². The summed E-state index contributed by atoms with van der Waals surface area (Å²) in [6, 6.07) is 15.9. The van der Waals surface area contributed by atoms with E-state index in [1.54, 1.807) is 19.1 Å². The Labute approximate surface area is 149 Å². The van der Waals surface area contributed by atoms with Gasteiger partial charge in [0.25, 0.3) is 0 Å². The number of nitrogens with two attached hydrogens (primary N) is 1. The van der Waals surface area contributed by atoms with Crippen molar-refractivity contribution in [1.29, 1.82) is 0 Å². The Morgan fingerprint density at radius 3 is 2.48 bits per heavy atom. The first-order chi connectivity index (χ1) is 12.0. The van der Waals surface area contributed by atoms with Crippen molar-refractivity contribution in [3.05, 3.63) is 66.0 Å². The summed E-state index contributed by atoms with van der Waals surface area (Å²) in [7, 11) is 0. The van der Waals surface area contributed by atoms with Crippen LogP contribution in [0.15, 0.2) is 59.8 Å². The van der Waals surface area contributed by atoms with E-state index in [2.05, 4.69) is 10.2 Å². The lowest BCUT2D eigenvalue weighted by atomic mass is 10.2. The van der Waals surface area contributed by atoms with Crippen LogP contribution in [0, 0.1) is 5.82 Å². The molecule has 1 amide bonds. The van der Waals surface area contributed by atoms with Crippen molar-refractivity contribution in [2.24, 2.45) is 5.73 Å². The summed E-state index contributed by atoms with van der Waals surface area (Å²) in [6.07, 6.45) is 0. The van der Waals surface area contributed by atoms with Gasteiger partial charge in [0.2, 0.25) is 5.91 Å². The van der Waals surface area contributed by atoms with E-state index in [9.17, 15) is 9.18 Å². The quantitative estimate of drug-likeness (QED) is 0.689. The number of aromatic nitrogens is 3. The van der Waals surface area contributed by atoms with Crippen LogP contribution in [0.2, 0.25) is 0 Å². The SMILES string of the molecule is CC(Sc1nnc(-c2ccc(F)cc2)n1Cc1ccccc1)C(N)=O. The maximum absolute atomic E-state index is 13.2. The highest BCUT2D eigenvalue weighted by atomic mass is 32.2. The minimum atomic E-state index is -0.431. The highest BCUT2D eigenvalue weighted by Gasteiger charge is 2.19. The van der Waals surface area contributed by atoms with Gasteiger partial charge in [-0.2, -0.15) is 0 Å². The molecular weight excluding hydrogens is 339 g/mol. The molecule has 7 heteroatoms. The molecule has 0 bridgehead atoms. The van der Waals surface area contributed by atoms with Crippen molar-refractivity contribution in [3.8, 4) is 11.4 Å². The van der Waals surface area contributed by atoms with Gasteiger partial charge in [0.15, 0.2) is 11.0 Å². The van der Waals surface area contributed by atoms with E-state index < -0.39 is 11.2 Å². The van der Waals surface area contributed by atoms with Crippen LogP contribution in [-0.4, -0.2) is 25.9 Å². The Balaban J connectivity index is 2.01. The Hall–Kier alpha value is -2.67. The summed E-state index contributed by atoms with van der Waals surface area (Å²) < 4.78 is 15.1. The lowest BCUT2D eigenvalue weighted by Crippen LogP contribution is -2.23. The number of carbonyl (C=O) groups is 1. The van der Waals surface area contributed by atoms with Crippen LogP contribution in [0.4, 0.5) is 4.39 Å². The third kappa shape index (κ3) is 4.06. The third-order valence-electron chi connectivity index (χ3n) is 3.69. The molecule has 2 aromatic carbocycles. The van der Waals surface area contributed by atoms with E-state index in [1.165, 1.54) is 23.9 Å². The zero-order chi connectivity index (χ0) is 17.8. The highest BCUT2D eigenvalue weighted by Crippen LogP contribution is 2.27. The fourth-order valence-corrected chi connectivity index (χ4v) is 3.11. The number of thioether (sulfide) groups is 1. The second kappa shape index (κ2) is 7.48. The average Bonchev–Trinajstić information content (AvgIpc) is 2.99. The molecule has 0 fully saturated rings. The highest BCUT2D eigenvalue weighted by molar-refractivity contribution is 8.00. The predicted octanol–water partition coefficient (Wildman–Crippen LogP) is 3.10. The summed E-state index contributed by atoms with van der Waals surface area (Å²) in [5, 5.41) is 8.61. The molecule has 5 nitrogen and oxygen atoms in total. The van der Waals surface area contributed by atoms with Crippen molar-refractivity contribution in [2.75, 3.05) is 0 Å². The van der Waals surface area contributed by atoms with Gasteiger partial charge >= 0.3 is 0 Å². The molecule has 1 unspecified atom stereocenters. The van der Waals surface area contributed by atoms with E-state index >= 15 is 0 Å². The summed E-state index contributed by atoms with van der Waals surface area (Å²) in [5.74, 6) is -0.111. The summed E-state index contributed by atoms with van der Waals surface area (Å²) in [6.45, 7) is 2.26. The van der Waals surface area contributed by atoms with Gasteiger partial charge in [-0.1, -0.05) is 42.1 Å². The van der Waals surface area contributed by atoms with Gasteiger partial charge in [0, 0.05) is 5.56 Å². The normalized spacial score (nSPS) is 12.1. The van der Waals surface area contributed by atoms with Crippen LogP contribution in [0.5, 0.6) is 0 Å². The number of carbonyl (C=O) groups excluding carboxylic acids is 1. The van der Waals surface area contributed by atoms with Gasteiger partial charge in [-0.3, -0.25) is 9.36 Å². The maximum atomic E-state index is 13.2. The number of primary amides is 1. The third-order valence-corrected chi connectivity index (χ3v) is 4.78. The lowest BCUT2D eigenvalue weighted by Gasteiger charge is -2.12. The summed E-state index contributed by atoms with van der Waals surface area (Å²) in [4.78, 5) is 11.4. The number of halogens is 1. The van der Waals surface area contributed by atoms with Gasteiger partial charge in [0.05, 0.1) is 11.8 Å². The molecular formula is C18H17FN4OS. The van der Waals surface area contributed by atoms with E-state index in [0.717, 1.165) is 11.1 Å². The zero-order valence-electron chi connectivity index (χ0n) is 13.6. The van der Waals surface area contributed by atoms with Gasteiger partial charge in [-0.25, -0.2) is 4.39 Å². The molecule has 128 valence electrons. The molecule has 0 saturated carbocycles. The molecule has 25 heavy (non-hydrogen) atoms. The standard InChI is InChI=1S/C18H17FN4OS/c1-12(16(20)24)25-18-22-21-17(14-7-9-15(19)10-8-14)23(18)11-13-5-3-2-4-6-13/h2-10,12H,11H2,1H3,(H2,20,24). The molecule has 0 radical (unpaired) electrons. The van der Waals surface area contributed by atoms with Crippen LogP contribution in [0.25, 0.3) is 11.4 Å². The minimum Gasteiger partial charge on any atom is -0.369 e. The smallest absolute Gasteiger partial charge is 0.230 e. The monoisotopic (exact) mass is 356 g/mol.